The first-order valence-corrected chi connectivity index (χ1v) is 9.41. The number of fused-ring (bicyclic) bond motifs is 1. The molecule has 0 saturated heterocycles. The van der Waals surface area contributed by atoms with E-state index in [0.29, 0.717) is 6.42 Å². The summed E-state index contributed by atoms with van der Waals surface area (Å²) in [5.41, 5.74) is 1.98. The summed E-state index contributed by atoms with van der Waals surface area (Å²) in [4.78, 5) is 24.0. The lowest BCUT2D eigenvalue weighted by molar-refractivity contribution is -0.138. The van der Waals surface area contributed by atoms with E-state index in [4.69, 9.17) is 5.11 Å². The molecule has 1 aromatic heterocycles. The van der Waals surface area contributed by atoms with Crippen molar-refractivity contribution in [1.82, 2.24) is 4.57 Å². The minimum Gasteiger partial charge on any atom is -0.481 e. The van der Waals surface area contributed by atoms with Crippen LogP contribution < -0.4 is 0 Å². The number of unbranched alkanes of at least 4 members (excludes halogenated alkanes) is 3. The lowest BCUT2D eigenvalue weighted by Crippen LogP contribution is -2.19. The number of hydrogen-bond donors (Lipinski definition) is 1. The minimum absolute atomic E-state index is 0.0137. The number of nitrogens with zero attached hydrogens (tertiary/aromatic N) is 1. The summed E-state index contributed by atoms with van der Waals surface area (Å²) < 4.78 is 1.83. The second kappa shape index (κ2) is 9.40. The average Bonchev–Trinajstić information content (AvgIpc) is 2.96. The van der Waals surface area contributed by atoms with Gasteiger partial charge in [-0.25, -0.2) is 0 Å². The van der Waals surface area contributed by atoms with Crippen molar-refractivity contribution < 1.29 is 14.7 Å². The second-order valence-corrected chi connectivity index (χ2v) is 6.81. The molecule has 0 aliphatic rings. The molecule has 0 amide bonds. The van der Waals surface area contributed by atoms with Crippen LogP contribution in [0.3, 0.4) is 0 Å². The van der Waals surface area contributed by atoms with Crippen LogP contribution in [-0.4, -0.2) is 21.6 Å². The standard InChI is InChI=1S/C21H29NO3/c1-3-5-6-7-11-18-15-17-10-8-9-12-19(17)22(18)20(23)13-16(4-2)14-21(24)25/h8-10,12,15-16H,3-7,11,13-14H2,1-2H3,(H,24,25). The van der Waals surface area contributed by atoms with Crippen LogP contribution in [0.4, 0.5) is 0 Å². The fourth-order valence-electron chi connectivity index (χ4n) is 3.37. The number of aromatic nitrogens is 1. The van der Waals surface area contributed by atoms with Gasteiger partial charge in [0.25, 0.3) is 0 Å². The summed E-state index contributed by atoms with van der Waals surface area (Å²) in [5.74, 6) is -0.935. The lowest BCUT2D eigenvalue weighted by Gasteiger charge is -2.14. The zero-order valence-corrected chi connectivity index (χ0v) is 15.3. The largest absolute Gasteiger partial charge is 0.481 e. The molecule has 2 rings (SSSR count). The summed E-state index contributed by atoms with van der Waals surface area (Å²) >= 11 is 0. The van der Waals surface area contributed by atoms with Gasteiger partial charge in [-0.2, -0.15) is 0 Å². The Balaban J connectivity index is 2.23. The number of rotatable bonds is 10. The van der Waals surface area contributed by atoms with Crippen LogP contribution in [0.2, 0.25) is 0 Å². The van der Waals surface area contributed by atoms with Gasteiger partial charge in [-0.3, -0.25) is 14.2 Å². The van der Waals surface area contributed by atoms with Gasteiger partial charge in [-0.05, 0) is 30.9 Å². The van der Waals surface area contributed by atoms with Gasteiger partial charge in [-0.1, -0.05) is 57.7 Å². The van der Waals surface area contributed by atoms with Crippen molar-refractivity contribution in [2.75, 3.05) is 0 Å². The fraction of sp³-hybridized carbons (Fsp3) is 0.524. The van der Waals surface area contributed by atoms with E-state index in [-0.39, 0.29) is 24.7 Å². The van der Waals surface area contributed by atoms with Gasteiger partial charge in [-0.15, -0.1) is 0 Å². The van der Waals surface area contributed by atoms with E-state index in [1.165, 1.54) is 19.3 Å². The molecule has 0 radical (unpaired) electrons. The van der Waals surface area contributed by atoms with Crippen molar-refractivity contribution in [2.24, 2.45) is 5.92 Å². The smallest absolute Gasteiger partial charge is 0.303 e. The highest BCUT2D eigenvalue weighted by molar-refractivity contribution is 5.94. The monoisotopic (exact) mass is 343 g/mol. The van der Waals surface area contributed by atoms with Crippen molar-refractivity contribution in [3.8, 4) is 0 Å². The first kappa shape index (κ1) is 19.2. The third-order valence-electron chi connectivity index (χ3n) is 4.83. The van der Waals surface area contributed by atoms with Crippen LogP contribution in [0, 0.1) is 5.92 Å². The SMILES string of the molecule is CCCCCCc1cc2ccccc2n1C(=O)CC(CC)CC(=O)O. The Bertz CT molecular complexity index is 717. The number of hydrogen-bond acceptors (Lipinski definition) is 2. The topological polar surface area (TPSA) is 59.3 Å². The summed E-state index contributed by atoms with van der Waals surface area (Å²) in [5, 5.41) is 10.1. The molecule has 0 bridgehead atoms. The predicted molar refractivity (Wildman–Crippen MR) is 101 cm³/mol. The maximum absolute atomic E-state index is 13.0. The van der Waals surface area contributed by atoms with E-state index in [2.05, 4.69) is 13.0 Å². The third kappa shape index (κ3) is 5.18. The first-order chi connectivity index (χ1) is 12.1. The quantitative estimate of drug-likeness (QED) is 0.596. The molecular formula is C21H29NO3. The lowest BCUT2D eigenvalue weighted by atomic mass is 9.98. The van der Waals surface area contributed by atoms with Crippen molar-refractivity contribution >= 4 is 22.8 Å². The van der Waals surface area contributed by atoms with E-state index in [1.54, 1.807) is 0 Å². The van der Waals surface area contributed by atoms with Crippen molar-refractivity contribution in [3.63, 3.8) is 0 Å². The summed E-state index contributed by atoms with van der Waals surface area (Å²) in [6.07, 6.45) is 6.56. The second-order valence-electron chi connectivity index (χ2n) is 6.81. The van der Waals surface area contributed by atoms with Crippen LogP contribution in [0.1, 0.15) is 69.3 Å². The van der Waals surface area contributed by atoms with Crippen LogP contribution in [0.5, 0.6) is 0 Å². The van der Waals surface area contributed by atoms with Crippen molar-refractivity contribution in [1.29, 1.82) is 0 Å². The van der Waals surface area contributed by atoms with E-state index in [9.17, 15) is 9.59 Å². The Labute approximate surface area is 149 Å². The third-order valence-corrected chi connectivity index (χ3v) is 4.83. The minimum atomic E-state index is -0.836. The Morgan fingerprint density at radius 3 is 2.52 bits per heavy atom. The molecule has 0 aliphatic heterocycles. The highest BCUT2D eigenvalue weighted by Crippen LogP contribution is 2.24. The predicted octanol–water partition coefficient (Wildman–Crippen LogP) is 5.30. The number of carboxylic acid groups (broad SMARTS) is 1. The Morgan fingerprint density at radius 2 is 1.84 bits per heavy atom. The Kier molecular flexibility index (Phi) is 7.23. The van der Waals surface area contributed by atoms with Gasteiger partial charge in [0.15, 0.2) is 0 Å². The maximum Gasteiger partial charge on any atom is 0.303 e. The molecule has 1 heterocycles. The van der Waals surface area contributed by atoms with E-state index >= 15 is 0 Å². The molecule has 0 fully saturated rings. The maximum atomic E-state index is 13.0. The molecule has 0 saturated carbocycles. The van der Waals surface area contributed by atoms with Gasteiger partial charge in [0, 0.05) is 23.9 Å². The fourth-order valence-corrected chi connectivity index (χ4v) is 3.37. The molecule has 1 atom stereocenters. The molecule has 4 heteroatoms. The normalized spacial score (nSPS) is 12.4. The average molecular weight is 343 g/mol. The number of aliphatic carboxylic acids is 1. The molecule has 136 valence electrons. The molecule has 1 aromatic carbocycles. The molecule has 25 heavy (non-hydrogen) atoms. The number of benzene rings is 1. The summed E-state index contributed by atoms with van der Waals surface area (Å²) in [6.45, 7) is 4.13. The summed E-state index contributed by atoms with van der Waals surface area (Å²) in [7, 11) is 0. The number of carbonyl (C=O) groups is 2. The highest BCUT2D eigenvalue weighted by Gasteiger charge is 2.20. The Morgan fingerprint density at radius 1 is 1.08 bits per heavy atom. The van der Waals surface area contributed by atoms with E-state index < -0.39 is 5.97 Å². The molecule has 1 N–H and O–H groups in total. The van der Waals surface area contributed by atoms with Crippen LogP contribution in [-0.2, 0) is 11.2 Å². The molecule has 0 spiro atoms. The van der Waals surface area contributed by atoms with Gasteiger partial charge in [0.05, 0.1) is 5.52 Å². The van der Waals surface area contributed by atoms with Gasteiger partial charge < -0.3 is 5.11 Å². The number of para-hydroxylation sites is 1. The Hall–Kier alpha value is -2.10. The zero-order chi connectivity index (χ0) is 18.2. The zero-order valence-electron chi connectivity index (χ0n) is 15.3. The van der Waals surface area contributed by atoms with Crippen molar-refractivity contribution in [3.05, 3.63) is 36.0 Å². The molecule has 0 aliphatic carbocycles. The molecular weight excluding hydrogens is 314 g/mol. The molecule has 2 aromatic rings. The van der Waals surface area contributed by atoms with Crippen molar-refractivity contribution in [2.45, 2.75) is 65.2 Å². The molecule has 4 nitrogen and oxygen atoms in total. The van der Waals surface area contributed by atoms with E-state index in [1.807, 2.05) is 35.8 Å². The number of carbonyl (C=O) groups excluding carboxylic acids is 1. The first-order valence-electron chi connectivity index (χ1n) is 9.41. The van der Waals surface area contributed by atoms with Gasteiger partial charge in [0.2, 0.25) is 5.91 Å². The van der Waals surface area contributed by atoms with Gasteiger partial charge in [0.1, 0.15) is 0 Å². The van der Waals surface area contributed by atoms with Gasteiger partial charge >= 0.3 is 5.97 Å². The van der Waals surface area contributed by atoms with Crippen LogP contribution in [0.15, 0.2) is 30.3 Å². The highest BCUT2D eigenvalue weighted by atomic mass is 16.4. The number of carboxylic acids is 1. The van der Waals surface area contributed by atoms with E-state index in [0.717, 1.165) is 29.4 Å². The summed E-state index contributed by atoms with van der Waals surface area (Å²) in [6, 6.07) is 10.0. The number of aryl methyl sites for hydroxylation is 1. The molecule has 1 unspecified atom stereocenters. The van der Waals surface area contributed by atoms with Crippen LogP contribution >= 0.6 is 0 Å². The van der Waals surface area contributed by atoms with Crippen LogP contribution in [0.25, 0.3) is 10.9 Å².